The lowest BCUT2D eigenvalue weighted by Gasteiger charge is -2.34. The summed E-state index contributed by atoms with van der Waals surface area (Å²) in [6.07, 6.45) is 6.41. The van der Waals surface area contributed by atoms with Crippen LogP contribution in [0.25, 0.3) is 0 Å². The molecule has 3 aliphatic rings. The van der Waals surface area contributed by atoms with E-state index in [0.29, 0.717) is 12.0 Å². The van der Waals surface area contributed by atoms with Gasteiger partial charge in [0.15, 0.2) is 0 Å². The van der Waals surface area contributed by atoms with Crippen molar-refractivity contribution in [1.29, 1.82) is 0 Å². The molecule has 0 bridgehead atoms. The van der Waals surface area contributed by atoms with Gasteiger partial charge in [-0.3, -0.25) is 0 Å². The van der Waals surface area contributed by atoms with Crippen LogP contribution in [0.3, 0.4) is 0 Å². The van der Waals surface area contributed by atoms with Gasteiger partial charge in [-0.15, -0.1) is 12.4 Å². The number of sulfonamides is 1. The third-order valence-corrected chi connectivity index (χ3v) is 6.87. The van der Waals surface area contributed by atoms with Gasteiger partial charge in [0.25, 0.3) is 0 Å². The molecule has 18 heavy (non-hydrogen) atoms. The van der Waals surface area contributed by atoms with Crippen molar-refractivity contribution in [3.05, 3.63) is 0 Å². The van der Waals surface area contributed by atoms with E-state index in [9.17, 15) is 8.42 Å². The monoisotopic (exact) mass is 294 g/mol. The summed E-state index contributed by atoms with van der Waals surface area (Å²) in [6, 6.07) is 0.653. The Kier molecular flexibility index (Phi) is 4.57. The molecular weight excluding hydrogens is 272 g/mol. The van der Waals surface area contributed by atoms with Crippen LogP contribution in [0.4, 0.5) is 0 Å². The van der Waals surface area contributed by atoms with E-state index in [-0.39, 0.29) is 17.7 Å². The van der Waals surface area contributed by atoms with Crippen LogP contribution in [0, 0.1) is 5.92 Å². The van der Waals surface area contributed by atoms with Gasteiger partial charge in [0, 0.05) is 19.1 Å². The number of nitrogens with one attached hydrogen (secondary N) is 1. The van der Waals surface area contributed by atoms with Gasteiger partial charge in [0.2, 0.25) is 10.0 Å². The first kappa shape index (κ1) is 14.6. The van der Waals surface area contributed by atoms with Crippen molar-refractivity contribution in [2.75, 3.05) is 19.6 Å². The quantitative estimate of drug-likeness (QED) is 0.855. The van der Waals surface area contributed by atoms with E-state index in [0.717, 1.165) is 45.3 Å². The third kappa shape index (κ3) is 2.84. The Labute approximate surface area is 116 Å². The minimum atomic E-state index is -2.92. The van der Waals surface area contributed by atoms with Crippen molar-refractivity contribution in [2.45, 2.75) is 49.8 Å². The van der Waals surface area contributed by atoms with Gasteiger partial charge < -0.3 is 5.32 Å². The minimum Gasteiger partial charge on any atom is -0.314 e. The molecule has 6 heteroatoms. The van der Waals surface area contributed by atoms with Crippen LogP contribution in [0.2, 0.25) is 0 Å². The summed E-state index contributed by atoms with van der Waals surface area (Å²) in [5.74, 6) is 0.697. The van der Waals surface area contributed by atoms with Crippen LogP contribution < -0.4 is 5.32 Å². The molecule has 1 atom stereocenters. The largest absolute Gasteiger partial charge is 0.314 e. The molecule has 1 aliphatic carbocycles. The minimum absolute atomic E-state index is 0. The molecule has 4 nitrogen and oxygen atoms in total. The van der Waals surface area contributed by atoms with Gasteiger partial charge in [0.1, 0.15) is 0 Å². The highest BCUT2D eigenvalue weighted by Gasteiger charge is 2.41. The standard InChI is InChI=1S/C12H22N2O2S.ClH/c15-17(16,11-3-4-11)14-8-5-10(6-9-14)12-2-1-7-13-12;/h10-13H,1-9H2;1H. The Bertz CT molecular complexity index is 370. The average molecular weight is 295 g/mol. The maximum atomic E-state index is 12.1. The molecule has 0 aromatic heterocycles. The molecule has 1 N–H and O–H groups in total. The van der Waals surface area contributed by atoms with Crippen LogP contribution >= 0.6 is 12.4 Å². The van der Waals surface area contributed by atoms with Gasteiger partial charge in [-0.05, 0) is 51.0 Å². The lowest BCUT2D eigenvalue weighted by atomic mass is 9.89. The van der Waals surface area contributed by atoms with Gasteiger partial charge in [0.05, 0.1) is 5.25 Å². The number of halogens is 1. The van der Waals surface area contributed by atoms with Gasteiger partial charge >= 0.3 is 0 Å². The number of hydrogen-bond donors (Lipinski definition) is 1. The van der Waals surface area contributed by atoms with Crippen molar-refractivity contribution < 1.29 is 8.42 Å². The second kappa shape index (κ2) is 5.65. The van der Waals surface area contributed by atoms with Crippen molar-refractivity contribution in [3.8, 4) is 0 Å². The predicted octanol–water partition coefficient (Wildman–Crippen LogP) is 1.36. The second-order valence-corrected chi connectivity index (χ2v) is 7.90. The molecule has 0 amide bonds. The first-order chi connectivity index (χ1) is 8.18. The molecule has 1 saturated carbocycles. The topological polar surface area (TPSA) is 49.4 Å². The lowest BCUT2D eigenvalue weighted by molar-refractivity contribution is 0.234. The third-order valence-electron chi connectivity index (χ3n) is 4.47. The Morgan fingerprint density at radius 1 is 1.00 bits per heavy atom. The highest BCUT2D eigenvalue weighted by atomic mass is 35.5. The van der Waals surface area contributed by atoms with Gasteiger partial charge in [-0.25, -0.2) is 12.7 Å². The molecular formula is C12H23ClN2O2S. The van der Waals surface area contributed by atoms with Crippen molar-refractivity contribution >= 4 is 22.4 Å². The van der Waals surface area contributed by atoms with E-state index in [1.165, 1.54) is 12.8 Å². The fourth-order valence-corrected chi connectivity index (χ4v) is 5.10. The molecule has 0 aromatic carbocycles. The molecule has 106 valence electrons. The number of rotatable bonds is 3. The molecule has 2 saturated heterocycles. The van der Waals surface area contributed by atoms with Crippen LogP contribution in [-0.4, -0.2) is 43.6 Å². The molecule has 3 fully saturated rings. The van der Waals surface area contributed by atoms with Crippen LogP contribution in [-0.2, 0) is 10.0 Å². The SMILES string of the molecule is Cl.O=S(=O)(C1CC1)N1CCC(C2CCCN2)CC1. The lowest BCUT2D eigenvalue weighted by Crippen LogP contribution is -2.44. The zero-order valence-corrected chi connectivity index (χ0v) is 12.3. The molecule has 2 heterocycles. The van der Waals surface area contributed by atoms with Crippen molar-refractivity contribution in [3.63, 3.8) is 0 Å². The Morgan fingerprint density at radius 2 is 1.67 bits per heavy atom. The van der Waals surface area contributed by atoms with E-state index in [1.54, 1.807) is 4.31 Å². The molecule has 0 radical (unpaired) electrons. The number of piperidine rings is 1. The summed E-state index contributed by atoms with van der Waals surface area (Å²) in [7, 11) is -2.92. The molecule has 2 aliphatic heterocycles. The van der Waals surface area contributed by atoms with E-state index < -0.39 is 10.0 Å². The summed E-state index contributed by atoms with van der Waals surface area (Å²) in [4.78, 5) is 0. The van der Waals surface area contributed by atoms with Crippen LogP contribution in [0.5, 0.6) is 0 Å². The number of nitrogens with zero attached hydrogens (tertiary/aromatic N) is 1. The highest BCUT2D eigenvalue weighted by molar-refractivity contribution is 7.90. The molecule has 0 aromatic rings. The summed E-state index contributed by atoms with van der Waals surface area (Å²) in [6.45, 7) is 2.65. The average Bonchev–Trinajstić information content (AvgIpc) is 3.07. The Morgan fingerprint density at radius 3 is 2.17 bits per heavy atom. The summed E-state index contributed by atoms with van der Waals surface area (Å²) in [5.41, 5.74) is 0. The van der Waals surface area contributed by atoms with Gasteiger partial charge in [-0.2, -0.15) is 0 Å². The highest BCUT2D eigenvalue weighted by Crippen LogP contribution is 2.34. The summed E-state index contributed by atoms with van der Waals surface area (Å²) in [5, 5.41) is 3.51. The maximum Gasteiger partial charge on any atom is 0.216 e. The van der Waals surface area contributed by atoms with Crippen molar-refractivity contribution in [2.24, 2.45) is 5.92 Å². The zero-order valence-electron chi connectivity index (χ0n) is 10.7. The summed E-state index contributed by atoms with van der Waals surface area (Å²) < 4.78 is 25.9. The molecule has 1 unspecified atom stereocenters. The van der Waals surface area contributed by atoms with E-state index in [1.807, 2.05) is 0 Å². The first-order valence-corrected chi connectivity index (χ1v) is 8.40. The van der Waals surface area contributed by atoms with Gasteiger partial charge in [-0.1, -0.05) is 0 Å². The fraction of sp³-hybridized carbons (Fsp3) is 1.00. The van der Waals surface area contributed by atoms with E-state index >= 15 is 0 Å². The van der Waals surface area contributed by atoms with Crippen molar-refractivity contribution in [1.82, 2.24) is 9.62 Å². The maximum absolute atomic E-state index is 12.1. The van der Waals surface area contributed by atoms with E-state index in [4.69, 9.17) is 0 Å². The predicted molar refractivity (Wildman–Crippen MR) is 74.5 cm³/mol. The van der Waals surface area contributed by atoms with Crippen LogP contribution in [0.1, 0.15) is 38.5 Å². The Balaban J connectivity index is 0.00000120. The first-order valence-electron chi connectivity index (χ1n) is 6.90. The smallest absolute Gasteiger partial charge is 0.216 e. The fourth-order valence-electron chi connectivity index (χ4n) is 3.22. The normalized spacial score (nSPS) is 31.2. The molecule has 0 spiro atoms. The zero-order chi connectivity index (χ0) is 11.9. The summed E-state index contributed by atoms with van der Waals surface area (Å²) >= 11 is 0. The molecule has 3 rings (SSSR count). The van der Waals surface area contributed by atoms with E-state index in [2.05, 4.69) is 5.32 Å². The Hall–Kier alpha value is 0.160. The number of hydrogen-bond acceptors (Lipinski definition) is 3. The second-order valence-electron chi connectivity index (χ2n) is 5.68. The van der Waals surface area contributed by atoms with Crippen LogP contribution in [0.15, 0.2) is 0 Å².